The summed E-state index contributed by atoms with van der Waals surface area (Å²) in [4.78, 5) is 11.8. The molecule has 0 radical (unpaired) electrons. The van der Waals surface area contributed by atoms with Gasteiger partial charge in [0.1, 0.15) is 5.75 Å². The van der Waals surface area contributed by atoms with Gasteiger partial charge in [-0.15, -0.1) is 12.4 Å². The molecular formula is C14H20ClIN2O2. The van der Waals surface area contributed by atoms with Crippen LogP contribution in [-0.4, -0.2) is 24.6 Å². The second-order valence-corrected chi connectivity index (χ2v) is 6.17. The monoisotopic (exact) mass is 410 g/mol. The summed E-state index contributed by atoms with van der Waals surface area (Å²) >= 11 is 2.23. The Kier molecular flexibility index (Phi) is 7.61. The van der Waals surface area contributed by atoms with Crippen LogP contribution in [0.2, 0.25) is 0 Å². The summed E-state index contributed by atoms with van der Waals surface area (Å²) in [7, 11) is 0. The number of halogens is 2. The van der Waals surface area contributed by atoms with E-state index in [0.717, 1.165) is 35.0 Å². The normalized spacial score (nSPS) is 21.7. The first-order chi connectivity index (χ1) is 9.13. The molecule has 112 valence electrons. The van der Waals surface area contributed by atoms with E-state index >= 15 is 0 Å². The third kappa shape index (κ3) is 5.85. The van der Waals surface area contributed by atoms with E-state index in [4.69, 9.17) is 10.5 Å². The molecule has 0 aliphatic heterocycles. The number of amides is 1. The van der Waals surface area contributed by atoms with Crippen LogP contribution < -0.4 is 15.8 Å². The van der Waals surface area contributed by atoms with E-state index in [1.54, 1.807) is 0 Å². The molecule has 2 rings (SSSR count). The molecule has 0 spiro atoms. The van der Waals surface area contributed by atoms with Crippen LogP contribution in [0.5, 0.6) is 5.75 Å². The number of carbonyl (C=O) groups is 1. The lowest BCUT2D eigenvalue weighted by molar-refractivity contribution is -0.124. The van der Waals surface area contributed by atoms with Crippen LogP contribution in [0.1, 0.15) is 25.7 Å². The summed E-state index contributed by atoms with van der Waals surface area (Å²) in [5.74, 6) is 0.667. The fourth-order valence-corrected chi connectivity index (χ4v) is 2.57. The van der Waals surface area contributed by atoms with Crippen molar-refractivity contribution < 1.29 is 9.53 Å². The number of nitrogens with one attached hydrogen (secondary N) is 1. The van der Waals surface area contributed by atoms with Gasteiger partial charge in [-0.25, -0.2) is 0 Å². The fourth-order valence-electron chi connectivity index (χ4n) is 2.21. The van der Waals surface area contributed by atoms with Crippen molar-refractivity contribution in [1.82, 2.24) is 5.32 Å². The van der Waals surface area contributed by atoms with Gasteiger partial charge in [0.25, 0.3) is 5.91 Å². The van der Waals surface area contributed by atoms with Crippen molar-refractivity contribution in [2.75, 3.05) is 6.61 Å². The zero-order valence-electron chi connectivity index (χ0n) is 11.2. The lowest BCUT2D eigenvalue weighted by Crippen LogP contribution is -2.42. The first kappa shape index (κ1) is 17.5. The van der Waals surface area contributed by atoms with Gasteiger partial charge in [-0.05, 0) is 72.5 Å². The third-order valence-corrected chi connectivity index (χ3v) is 4.04. The smallest absolute Gasteiger partial charge is 0.258 e. The maximum Gasteiger partial charge on any atom is 0.258 e. The Bertz CT molecular complexity index is 420. The van der Waals surface area contributed by atoms with Crippen LogP contribution in [0.4, 0.5) is 0 Å². The average Bonchev–Trinajstić information content (AvgIpc) is 2.41. The standard InChI is InChI=1S/C14H19IN2O2.ClH/c15-10-1-7-13(8-2-10)19-9-14(18)17-12-5-3-11(16)4-6-12;/h1-2,7-8,11-12H,3-6,9,16H2,(H,17,18);1H. The zero-order valence-corrected chi connectivity index (χ0v) is 14.2. The fraction of sp³-hybridized carbons (Fsp3) is 0.500. The van der Waals surface area contributed by atoms with Crippen molar-refractivity contribution in [1.29, 1.82) is 0 Å². The molecule has 6 heteroatoms. The van der Waals surface area contributed by atoms with E-state index in [-0.39, 0.29) is 31.0 Å². The molecule has 1 aromatic carbocycles. The van der Waals surface area contributed by atoms with Gasteiger partial charge in [0, 0.05) is 15.7 Å². The van der Waals surface area contributed by atoms with Gasteiger partial charge in [-0.1, -0.05) is 0 Å². The molecule has 0 bridgehead atoms. The Labute approximate surface area is 139 Å². The Balaban J connectivity index is 0.00000200. The summed E-state index contributed by atoms with van der Waals surface area (Å²) in [5, 5.41) is 3.00. The lowest BCUT2D eigenvalue weighted by Gasteiger charge is -2.26. The molecule has 3 N–H and O–H groups in total. The molecule has 0 unspecified atom stereocenters. The Morgan fingerprint density at radius 2 is 1.85 bits per heavy atom. The van der Waals surface area contributed by atoms with Gasteiger partial charge in [0.05, 0.1) is 0 Å². The molecule has 0 aromatic heterocycles. The number of carbonyl (C=O) groups excluding carboxylic acids is 1. The van der Waals surface area contributed by atoms with Crippen molar-refractivity contribution in [2.45, 2.75) is 37.8 Å². The third-order valence-electron chi connectivity index (χ3n) is 3.32. The van der Waals surface area contributed by atoms with Crippen LogP contribution in [0, 0.1) is 3.57 Å². The van der Waals surface area contributed by atoms with Gasteiger partial charge < -0.3 is 15.8 Å². The number of ether oxygens (including phenoxy) is 1. The minimum atomic E-state index is -0.0565. The predicted octanol–water partition coefficient (Wildman–Crippen LogP) is 2.48. The van der Waals surface area contributed by atoms with Gasteiger partial charge in [-0.3, -0.25) is 4.79 Å². The van der Waals surface area contributed by atoms with Gasteiger partial charge >= 0.3 is 0 Å². The molecule has 1 aromatic rings. The molecular weight excluding hydrogens is 391 g/mol. The van der Waals surface area contributed by atoms with Crippen LogP contribution in [0.3, 0.4) is 0 Å². The van der Waals surface area contributed by atoms with E-state index in [9.17, 15) is 4.79 Å². The quantitative estimate of drug-likeness (QED) is 0.750. The summed E-state index contributed by atoms with van der Waals surface area (Å²) in [6, 6.07) is 8.21. The van der Waals surface area contributed by atoms with Crippen molar-refractivity contribution in [3.63, 3.8) is 0 Å². The van der Waals surface area contributed by atoms with Gasteiger partial charge in [-0.2, -0.15) is 0 Å². The zero-order chi connectivity index (χ0) is 13.7. The van der Waals surface area contributed by atoms with E-state index in [0.29, 0.717) is 6.04 Å². The maximum absolute atomic E-state index is 11.8. The molecule has 0 atom stereocenters. The van der Waals surface area contributed by atoms with Gasteiger partial charge in [0.15, 0.2) is 6.61 Å². The summed E-state index contributed by atoms with van der Waals surface area (Å²) in [6.45, 7) is 0.0726. The molecule has 20 heavy (non-hydrogen) atoms. The average molecular weight is 411 g/mol. The first-order valence-electron chi connectivity index (χ1n) is 6.57. The number of benzene rings is 1. The highest BCUT2D eigenvalue weighted by Crippen LogP contribution is 2.17. The SMILES string of the molecule is Cl.NC1CCC(NC(=O)COc2ccc(I)cc2)CC1. The number of hydrogen-bond acceptors (Lipinski definition) is 3. The minimum absolute atomic E-state index is 0. The lowest BCUT2D eigenvalue weighted by atomic mass is 9.92. The molecule has 1 fully saturated rings. The summed E-state index contributed by atoms with van der Waals surface area (Å²) in [5.41, 5.74) is 5.84. The Hall–Kier alpha value is -0.530. The number of nitrogens with two attached hydrogens (primary N) is 1. The molecule has 1 amide bonds. The van der Waals surface area contributed by atoms with Crippen molar-refractivity contribution in [3.8, 4) is 5.75 Å². The molecule has 0 heterocycles. The second kappa shape index (κ2) is 8.69. The van der Waals surface area contributed by atoms with Crippen LogP contribution >= 0.6 is 35.0 Å². The van der Waals surface area contributed by atoms with Crippen molar-refractivity contribution in [3.05, 3.63) is 27.8 Å². The topological polar surface area (TPSA) is 64.3 Å². The van der Waals surface area contributed by atoms with Crippen LogP contribution in [0.25, 0.3) is 0 Å². The maximum atomic E-state index is 11.8. The van der Waals surface area contributed by atoms with Crippen molar-refractivity contribution in [2.24, 2.45) is 5.73 Å². The van der Waals surface area contributed by atoms with Crippen molar-refractivity contribution >= 4 is 40.9 Å². The highest BCUT2D eigenvalue weighted by atomic mass is 127. The summed E-state index contributed by atoms with van der Waals surface area (Å²) in [6.07, 6.45) is 3.92. The first-order valence-corrected chi connectivity index (χ1v) is 7.64. The van der Waals surface area contributed by atoms with Crippen LogP contribution in [0.15, 0.2) is 24.3 Å². The van der Waals surface area contributed by atoms with E-state index in [1.807, 2.05) is 24.3 Å². The summed E-state index contributed by atoms with van der Waals surface area (Å²) < 4.78 is 6.59. The molecule has 4 nitrogen and oxygen atoms in total. The van der Waals surface area contributed by atoms with E-state index < -0.39 is 0 Å². The number of rotatable bonds is 4. The Morgan fingerprint density at radius 3 is 2.45 bits per heavy atom. The molecule has 1 saturated carbocycles. The minimum Gasteiger partial charge on any atom is -0.484 e. The van der Waals surface area contributed by atoms with E-state index in [2.05, 4.69) is 27.9 Å². The highest BCUT2D eigenvalue weighted by molar-refractivity contribution is 14.1. The second-order valence-electron chi connectivity index (χ2n) is 4.92. The van der Waals surface area contributed by atoms with E-state index in [1.165, 1.54) is 0 Å². The Morgan fingerprint density at radius 1 is 1.25 bits per heavy atom. The molecule has 1 aliphatic carbocycles. The van der Waals surface area contributed by atoms with Gasteiger partial charge in [0.2, 0.25) is 0 Å². The predicted molar refractivity (Wildman–Crippen MR) is 90.3 cm³/mol. The number of hydrogen-bond donors (Lipinski definition) is 2. The van der Waals surface area contributed by atoms with Crippen LogP contribution in [-0.2, 0) is 4.79 Å². The largest absolute Gasteiger partial charge is 0.484 e. The molecule has 1 aliphatic rings. The molecule has 0 saturated heterocycles. The highest BCUT2D eigenvalue weighted by Gasteiger charge is 2.19.